The van der Waals surface area contributed by atoms with Crippen molar-refractivity contribution in [3.05, 3.63) is 92.4 Å². The number of ether oxygens (including phenoxy) is 1. The van der Waals surface area contributed by atoms with E-state index in [1.165, 1.54) is 6.07 Å². The highest BCUT2D eigenvalue weighted by atomic mass is 35.5. The summed E-state index contributed by atoms with van der Waals surface area (Å²) in [5.41, 5.74) is 1.04. The van der Waals surface area contributed by atoms with Crippen molar-refractivity contribution in [2.75, 3.05) is 11.9 Å². The van der Waals surface area contributed by atoms with Gasteiger partial charge in [0.05, 0.1) is 5.02 Å². The first-order valence-corrected chi connectivity index (χ1v) is 10.5. The van der Waals surface area contributed by atoms with E-state index in [0.29, 0.717) is 32.1 Å². The zero-order valence-corrected chi connectivity index (χ0v) is 18.9. The summed E-state index contributed by atoms with van der Waals surface area (Å²) in [6.45, 7) is -0.351. The molecule has 0 aromatic heterocycles. The van der Waals surface area contributed by atoms with Gasteiger partial charge in [0.2, 0.25) is 0 Å². The summed E-state index contributed by atoms with van der Waals surface area (Å²) in [7, 11) is 0. The lowest BCUT2D eigenvalue weighted by atomic mass is 10.1. The van der Waals surface area contributed by atoms with E-state index in [1.807, 2.05) is 0 Å². The summed E-state index contributed by atoms with van der Waals surface area (Å²) < 4.78 is 5.45. The van der Waals surface area contributed by atoms with Crippen LogP contribution in [0.4, 0.5) is 5.69 Å². The van der Waals surface area contributed by atoms with Crippen molar-refractivity contribution in [1.82, 2.24) is 5.32 Å². The van der Waals surface area contributed by atoms with E-state index in [-0.39, 0.29) is 11.6 Å². The Kier molecular flexibility index (Phi) is 8.04. The SMILES string of the molecule is O=C(COc1ccc(Cl)cc1Cl)NC(C(=O)Nc1cccc(Cl)c1)c1ccc(Cl)cc1. The third-order valence-electron chi connectivity index (χ3n) is 4.12. The van der Waals surface area contributed by atoms with Crippen LogP contribution in [-0.2, 0) is 9.59 Å². The van der Waals surface area contributed by atoms with E-state index < -0.39 is 17.9 Å². The molecular weight excluding hydrogens is 482 g/mol. The average Bonchev–Trinajstić information content (AvgIpc) is 2.72. The van der Waals surface area contributed by atoms with Gasteiger partial charge in [0, 0.05) is 20.8 Å². The minimum Gasteiger partial charge on any atom is -0.482 e. The van der Waals surface area contributed by atoms with Crippen LogP contribution >= 0.6 is 46.4 Å². The fourth-order valence-electron chi connectivity index (χ4n) is 2.67. The molecule has 3 rings (SSSR count). The number of benzene rings is 3. The third kappa shape index (κ3) is 6.77. The quantitative estimate of drug-likeness (QED) is 0.409. The molecule has 0 aliphatic carbocycles. The Bertz CT molecular complexity index is 1090. The Morgan fingerprint density at radius 3 is 2.19 bits per heavy atom. The first-order chi connectivity index (χ1) is 14.8. The number of halogens is 4. The molecule has 0 fully saturated rings. The van der Waals surface area contributed by atoms with Gasteiger partial charge in [-0.3, -0.25) is 9.59 Å². The van der Waals surface area contributed by atoms with Gasteiger partial charge in [0.25, 0.3) is 11.8 Å². The van der Waals surface area contributed by atoms with Crippen LogP contribution in [0, 0.1) is 0 Å². The van der Waals surface area contributed by atoms with E-state index >= 15 is 0 Å². The predicted molar refractivity (Wildman–Crippen MR) is 124 cm³/mol. The minimum atomic E-state index is -0.993. The molecule has 0 heterocycles. The summed E-state index contributed by atoms with van der Waals surface area (Å²) in [6.07, 6.45) is 0. The molecule has 31 heavy (non-hydrogen) atoms. The Labute approximate surface area is 199 Å². The highest BCUT2D eigenvalue weighted by Crippen LogP contribution is 2.27. The lowest BCUT2D eigenvalue weighted by Gasteiger charge is -2.19. The Morgan fingerprint density at radius 2 is 1.52 bits per heavy atom. The van der Waals surface area contributed by atoms with Crippen LogP contribution in [0.15, 0.2) is 66.7 Å². The molecule has 160 valence electrons. The summed E-state index contributed by atoms with van der Waals surface area (Å²) >= 11 is 23.8. The van der Waals surface area contributed by atoms with Gasteiger partial charge in [0.1, 0.15) is 11.8 Å². The summed E-state index contributed by atoms with van der Waals surface area (Å²) in [5.74, 6) is -0.678. The second-order valence-corrected chi connectivity index (χ2v) is 8.13. The second-order valence-electron chi connectivity index (χ2n) is 6.42. The molecule has 0 aliphatic rings. The first-order valence-electron chi connectivity index (χ1n) is 9.01. The van der Waals surface area contributed by atoms with Crippen LogP contribution in [0.2, 0.25) is 20.1 Å². The lowest BCUT2D eigenvalue weighted by molar-refractivity contribution is -0.128. The van der Waals surface area contributed by atoms with Crippen molar-refractivity contribution in [3.63, 3.8) is 0 Å². The molecule has 0 saturated heterocycles. The number of carbonyl (C=O) groups excluding carboxylic acids is 2. The van der Waals surface area contributed by atoms with Gasteiger partial charge in [-0.15, -0.1) is 0 Å². The zero-order valence-electron chi connectivity index (χ0n) is 15.9. The third-order valence-corrected chi connectivity index (χ3v) is 5.13. The zero-order chi connectivity index (χ0) is 22.4. The van der Waals surface area contributed by atoms with Crippen LogP contribution in [0.1, 0.15) is 11.6 Å². The largest absolute Gasteiger partial charge is 0.482 e. The Morgan fingerprint density at radius 1 is 0.839 bits per heavy atom. The number of hydrogen-bond acceptors (Lipinski definition) is 3. The van der Waals surface area contributed by atoms with Crippen LogP contribution < -0.4 is 15.4 Å². The first kappa shape index (κ1) is 23.2. The van der Waals surface area contributed by atoms with Crippen molar-refractivity contribution in [2.45, 2.75) is 6.04 Å². The highest BCUT2D eigenvalue weighted by molar-refractivity contribution is 6.35. The van der Waals surface area contributed by atoms with Crippen LogP contribution in [0.25, 0.3) is 0 Å². The molecule has 0 saturated carbocycles. The monoisotopic (exact) mass is 496 g/mol. The molecule has 1 atom stereocenters. The summed E-state index contributed by atoms with van der Waals surface area (Å²) in [5, 5.41) is 7.10. The van der Waals surface area contributed by atoms with Gasteiger partial charge in [0.15, 0.2) is 6.61 Å². The summed E-state index contributed by atoms with van der Waals surface area (Å²) in [6, 6.07) is 16.9. The van der Waals surface area contributed by atoms with Crippen LogP contribution in [0.5, 0.6) is 5.75 Å². The van der Waals surface area contributed by atoms with Gasteiger partial charge in [-0.05, 0) is 54.1 Å². The number of anilines is 1. The van der Waals surface area contributed by atoms with Crippen molar-refractivity contribution < 1.29 is 14.3 Å². The maximum atomic E-state index is 12.9. The number of nitrogens with one attached hydrogen (secondary N) is 2. The van der Waals surface area contributed by atoms with Gasteiger partial charge in [-0.1, -0.05) is 64.6 Å². The Hall–Kier alpha value is -2.44. The molecule has 1 unspecified atom stereocenters. The van der Waals surface area contributed by atoms with Crippen molar-refractivity contribution in [2.24, 2.45) is 0 Å². The van der Waals surface area contributed by atoms with Crippen molar-refractivity contribution in [1.29, 1.82) is 0 Å². The van der Waals surface area contributed by atoms with Crippen molar-refractivity contribution in [3.8, 4) is 5.75 Å². The molecular formula is C22H16Cl4N2O3. The number of amides is 2. The molecule has 5 nitrogen and oxygen atoms in total. The molecule has 3 aromatic rings. The fraction of sp³-hybridized carbons (Fsp3) is 0.0909. The van der Waals surface area contributed by atoms with E-state index in [2.05, 4.69) is 10.6 Å². The molecule has 0 radical (unpaired) electrons. The topological polar surface area (TPSA) is 67.4 Å². The molecule has 2 N–H and O–H groups in total. The predicted octanol–water partition coefficient (Wildman–Crippen LogP) is 6.18. The number of carbonyl (C=O) groups is 2. The standard InChI is InChI=1S/C22H16Cl4N2O3/c23-14-6-4-13(5-7-14)21(22(30)27-17-3-1-2-15(24)10-17)28-20(29)12-31-19-9-8-16(25)11-18(19)26/h1-11,21H,12H2,(H,27,30)(H,28,29). The van der Waals surface area contributed by atoms with Crippen LogP contribution in [-0.4, -0.2) is 18.4 Å². The molecule has 0 bridgehead atoms. The van der Waals surface area contributed by atoms with Crippen molar-refractivity contribution >= 4 is 63.9 Å². The maximum Gasteiger partial charge on any atom is 0.258 e. The molecule has 9 heteroatoms. The fourth-order valence-corrected chi connectivity index (χ4v) is 3.45. The number of hydrogen-bond donors (Lipinski definition) is 2. The van der Waals surface area contributed by atoms with E-state index in [9.17, 15) is 9.59 Å². The molecule has 2 amide bonds. The lowest BCUT2D eigenvalue weighted by Crippen LogP contribution is -2.39. The minimum absolute atomic E-state index is 0.272. The van der Waals surface area contributed by atoms with Crippen LogP contribution in [0.3, 0.4) is 0 Å². The van der Waals surface area contributed by atoms with E-state index in [0.717, 1.165) is 0 Å². The average molecular weight is 498 g/mol. The number of rotatable bonds is 7. The van der Waals surface area contributed by atoms with E-state index in [1.54, 1.807) is 60.7 Å². The van der Waals surface area contributed by atoms with Gasteiger partial charge in [-0.25, -0.2) is 0 Å². The Balaban J connectivity index is 1.73. The molecule has 3 aromatic carbocycles. The second kappa shape index (κ2) is 10.7. The van der Waals surface area contributed by atoms with E-state index in [4.69, 9.17) is 51.1 Å². The highest BCUT2D eigenvalue weighted by Gasteiger charge is 2.23. The van der Waals surface area contributed by atoms with Gasteiger partial charge < -0.3 is 15.4 Å². The summed E-state index contributed by atoms with van der Waals surface area (Å²) in [4.78, 5) is 25.5. The smallest absolute Gasteiger partial charge is 0.258 e. The molecule has 0 aliphatic heterocycles. The maximum absolute atomic E-state index is 12.9. The normalized spacial score (nSPS) is 11.5. The molecule has 0 spiro atoms. The van der Waals surface area contributed by atoms with Gasteiger partial charge >= 0.3 is 0 Å². The van der Waals surface area contributed by atoms with Gasteiger partial charge in [-0.2, -0.15) is 0 Å².